The van der Waals surface area contributed by atoms with Crippen molar-refractivity contribution in [3.63, 3.8) is 0 Å². The first-order valence-corrected chi connectivity index (χ1v) is 7.90. The molecule has 1 atom stereocenters. The maximum Gasteiger partial charge on any atom is 0.239 e. The zero-order chi connectivity index (χ0) is 15.5. The van der Waals surface area contributed by atoms with Crippen molar-refractivity contribution in [2.75, 3.05) is 11.4 Å². The van der Waals surface area contributed by atoms with Crippen molar-refractivity contribution >= 4 is 28.8 Å². The number of benzene rings is 1. The smallest absolute Gasteiger partial charge is 0.239 e. The number of halogens is 1. The minimum Gasteiger partial charge on any atom is -0.351 e. The molecule has 2 amide bonds. The standard InChI is InChI=1S/C16H15FN2O2S/c17-11-3-5-12(6-4-11)19-8-7-14(16(19)21)15(20)18-10-13-2-1-9-22-13/h1-6,9,14H,7-8,10H2,(H,18,20)/t14-/m1/s1. The van der Waals surface area contributed by atoms with Crippen LogP contribution in [0.1, 0.15) is 11.3 Å². The lowest BCUT2D eigenvalue weighted by Crippen LogP contribution is -2.36. The fraction of sp³-hybridized carbons (Fsp3) is 0.250. The van der Waals surface area contributed by atoms with Crippen molar-refractivity contribution < 1.29 is 14.0 Å². The fourth-order valence-corrected chi connectivity index (χ4v) is 3.16. The minimum absolute atomic E-state index is 0.227. The molecule has 2 aromatic rings. The van der Waals surface area contributed by atoms with E-state index < -0.39 is 5.92 Å². The maximum atomic E-state index is 12.9. The molecule has 2 heterocycles. The van der Waals surface area contributed by atoms with Crippen molar-refractivity contribution in [2.24, 2.45) is 5.92 Å². The van der Waals surface area contributed by atoms with Crippen molar-refractivity contribution in [1.82, 2.24) is 5.32 Å². The Morgan fingerprint density at radius 1 is 1.32 bits per heavy atom. The Balaban J connectivity index is 1.63. The van der Waals surface area contributed by atoms with Gasteiger partial charge in [0.2, 0.25) is 11.8 Å². The van der Waals surface area contributed by atoms with Crippen LogP contribution >= 0.6 is 11.3 Å². The molecule has 0 unspecified atom stereocenters. The van der Waals surface area contributed by atoms with Gasteiger partial charge in [0, 0.05) is 17.1 Å². The molecule has 1 saturated heterocycles. The van der Waals surface area contributed by atoms with E-state index in [9.17, 15) is 14.0 Å². The SMILES string of the molecule is O=C(NCc1cccs1)[C@H]1CCN(c2ccc(F)cc2)C1=O. The second kappa shape index (κ2) is 6.27. The highest BCUT2D eigenvalue weighted by molar-refractivity contribution is 7.09. The minimum atomic E-state index is -0.662. The number of rotatable bonds is 4. The van der Waals surface area contributed by atoms with E-state index in [1.165, 1.54) is 17.0 Å². The predicted molar refractivity (Wildman–Crippen MR) is 83.0 cm³/mol. The summed E-state index contributed by atoms with van der Waals surface area (Å²) in [5, 5.41) is 4.75. The van der Waals surface area contributed by atoms with Gasteiger partial charge in [-0.2, -0.15) is 0 Å². The molecule has 6 heteroatoms. The van der Waals surface area contributed by atoms with Crippen LogP contribution in [0.2, 0.25) is 0 Å². The lowest BCUT2D eigenvalue weighted by Gasteiger charge is -2.16. The van der Waals surface area contributed by atoms with E-state index in [0.29, 0.717) is 25.2 Å². The van der Waals surface area contributed by atoms with E-state index in [1.54, 1.807) is 23.5 Å². The highest BCUT2D eigenvalue weighted by Gasteiger charge is 2.37. The quantitative estimate of drug-likeness (QED) is 0.881. The van der Waals surface area contributed by atoms with Gasteiger partial charge in [-0.3, -0.25) is 9.59 Å². The zero-order valence-corrected chi connectivity index (χ0v) is 12.6. The average Bonchev–Trinajstić information content (AvgIpc) is 3.15. The molecule has 1 aromatic heterocycles. The summed E-state index contributed by atoms with van der Waals surface area (Å²) >= 11 is 1.56. The van der Waals surface area contributed by atoms with E-state index in [0.717, 1.165) is 4.88 Å². The van der Waals surface area contributed by atoms with Crippen LogP contribution in [0.3, 0.4) is 0 Å². The third kappa shape index (κ3) is 3.01. The Labute approximate surface area is 131 Å². The van der Waals surface area contributed by atoms with Crippen LogP contribution in [-0.2, 0) is 16.1 Å². The zero-order valence-electron chi connectivity index (χ0n) is 11.8. The molecule has 0 aliphatic carbocycles. The molecule has 4 nitrogen and oxygen atoms in total. The van der Waals surface area contributed by atoms with Crippen molar-refractivity contribution in [1.29, 1.82) is 0 Å². The largest absolute Gasteiger partial charge is 0.351 e. The monoisotopic (exact) mass is 318 g/mol. The van der Waals surface area contributed by atoms with Gasteiger partial charge in [-0.15, -0.1) is 11.3 Å². The molecule has 0 spiro atoms. The summed E-state index contributed by atoms with van der Waals surface area (Å²) in [6, 6.07) is 9.59. The van der Waals surface area contributed by atoms with Gasteiger partial charge in [0.25, 0.3) is 0 Å². The molecule has 1 N–H and O–H groups in total. The van der Waals surface area contributed by atoms with Crippen LogP contribution < -0.4 is 10.2 Å². The second-order valence-corrected chi connectivity index (χ2v) is 6.14. The Morgan fingerprint density at radius 3 is 2.77 bits per heavy atom. The summed E-state index contributed by atoms with van der Waals surface area (Å²) < 4.78 is 12.9. The summed E-state index contributed by atoms with van der Waals surface area (Å²) in [6.45, 7) is 0.915. The maximum absolute atomic E-state index is 12.9. The van der Waals surface area contributed by atoms with Gasteiger partial charge in [-0.1, -0.05) is 6.07 Å². The lowest BCUT2D eigenvalue weighted by atomic mass is 10.1. The molecular formula is C16H15FN2O2S. The van der Waals surface area contributed by atoms with Crippen molar-refractivity contribution in [2.45, 2.75) is 13.0 Å². The molecule has 114 valence electrons. The Morgan fingerprint density at radius 2 is 2.09 bits per heavy atom. The Hall–Kier alpha value is -2.21. The number of hydrogen-bond donors (Lipinski definition) is 1. The molecule has 1 aromatic carbocycles. The summed E-state index contributed by atoms with van der Waals surface area (Å²) in [7, 11) is 0. The molecule has 1 fully saturated rings. The van der Waals surface area contributed by atoms with Crippen LogP contribution in [-0.4, -0.2) is 18.4 Å². The first kappa shape index (κ1) is 14.7. The highest BCUT2D eigenvalue weighted by atomic mass is 32.1. The molecule has 0 saturated carbocycles. The van der Waals surface area contributed by atoms with Gasteiger partial charge in [0.1, 0.15) is 11.7 Å². The van der Waals surface area contributed by atoms with Crippen LogP contribution in [0.4, 0.5) is 10.1 Å². The average molecular weight is 318 g/mol. The number of anilines is 1. The van der Waals surface area contributed by atoms with E-state index in [2.05, 4.69) is 5.32 Å². The Kier molecular flexibility index (Phi) is 4.20. The summed E-state index contributed by atoms with van der Waals surface area (Å²) in [6.07, 6.45) is 0.479. The number of nitrogens with one attached hydrogen (secondary N) is 1. The number of amides is 2. The molecule has 22 heavy (non-hydrogen) atoms. The van der Waals surface area contributed by atoms with Crippen LogP contribution in [0.25, 0.3) is 0 Å². The van der Waals surface area contributed by atoms with E-state index in [4.69, 9.17) is 0 Å². The third-order valence-electron chi connectivity index (χ3n) is 3.68. The Bertz CT molecular complexity index is 670. The number of thiophene rings is 1. The number of carbonyl (C=O) groups is 2. The van der Waals surface area contributed by atoms with E-state index >= 15 is 0 Å². The summed E-state index contributed by atoms with van der Waals surface area (Å²) in [5.74, 6) is -1.48. The highest BCUT2D eigenvalue weighted by Crippen LogP contribution is 2.25. The topological polar surface area (TPSA) is 49.4 Å². The number of nitrogens with zero attached hydrogens (tertiary/aromatic N) is 1. The van der Waals surface area contributed by atoms with Gasteiger partial charge < -0.3 is 10.2 Å². The molecular weight excluding hydrogens is 303 g/mol. The van der Waals surface area contributed by atoms with Gasteiger partial charge >= 0.3 is 0 Å². The first-order chi connectivity index (χ1) is 10.6. The molecule has 0 radical (unpaired) electrons. The van der Waals surface area contributed by atoms with Gasteiger partial charge in [0.05, 0.1) is 6.54 Å². The third-order valence-corrected chi connectivity index (χ3v) is 4.55. The lowest BCUT2D eigenvalue weighted by molar-refractivity contribution is -0.132. The normalized spacial score (nSPS) is 17.8. The van der Waals surface area contributed by atoms with Gasteiger partial charge in [0.15, 0.2) is 0 Å². The van der Waals surface area contributed by atoms with Crippen molar-refractivity contribution in [3.8, 4) is 0 Å². The molecule has 3 rings (SSSR count). The molecule has 1 aliphatic heterocycles. The number of hydrogen-bond acceptors (Lipinski definition) is 3. The van der Waals surface area contributed by atoms with Crippen molar-refractivity contribution in [3.05, 3.63) is 52.5 Å². The van der Waals surface area contributed by atoms with E-state index in [1.807, 2.05) is 17.5 Å². The molecule has 1 aliphatic rings. The van der Waals surface area contributed by atoms with Crippen LogP contribution in [0.15, 0.2) is 41.8 Å². The van der Waals surface area contributed by atoms with Gasteiger partial charge in [-0.05, 0) is 42.1 Å². The second-order valence-electron chi connectivity index (χ2n) is 5.10. The summed E-state index contributed by atoms with van der Waals surface area (Å²) in [5.41, 5.74) is 0.625. The fourth-order valence-electron chi connectivity index (χ4n) is 2.51. The number of carbonyl (C=O) groups excluding carboxylic acids is 2. The van der Waals surface area contributed by atoms with Crippen LogP contribution in [0, 0.1) is 11.7 Å². The van der Waals surface area contributed by atoms with Crippen LogP contribution in [0.5, 0.6) is 0 Å². The van der Waals surface area contributed by atoms with Gasteiger partial charge in [-0.25, -0.2) is 4.39 Å². The van der Waals surface area contributed by atoms with E-state index in [-0.39, 0.29) is 17.6 Å². The molecule has 0 bridgehead atoms. The first-order valence-electron chi connectivity index (χ1n) is 7.02. The summed E-state index contributed by atoms with van der Waals surface area (Å²) in [4.78, 5) is 27.1. The predicted octanol–water partition coefficient (Wildman–Crippen LogP) is 2.56.